The zero-order chi connectivity index (χ0) is 37.7. The fraction of sp³-hybridized carbons (Fsp3) is 0.404. The van der Waals surface area contributed by atoms with Gasteiger partial charge in [-0.15, -0.1) is 0 Å². The van der Waals surface area contributed by atoms with Crippen LogP contribution in [-0.2, 0) is 27.4 Å². The molecule has 3 aromatic heterocycles. The second kappa shape index (κ2) is 11.9. The number of fused-ring (bicyclic) bond motifs is 6. The van der Waals surface area contributed by atoms with Gasteiger partial charge in [0.25, 0.3) is 0 Å². The van der Waals surface area contributed by atoms with Gasteiger partial charge in [-0.05, 0) is 99.7 Å². The van der Waals surface area contributed by atoms with Gasteiger partial charge in [0.2, 0.25) is 0 Å². The number of esters is 1. The Bertz CT molecular complexity index is 2370. The summed E-state index contributed by atoms with van der Waals surface area (Å²) in [7, 11) is 1.45. The molecule has 0 N–H and O–H groups in total. The molecular formula is C47H55N3O2. The maximum Gasteiger partial charge on any atom is 0.338 e. The Kier molecular flexibility index (Phi) is 8.21. The van der Waals surface area contributed by atoms with Crippen molar-refractivity contribution >= 4 is 44.8 Å². The number of pyridine rings is 1. The van der Waals surface area contributed by atoms with Crippen LogP contribution >= 0.6 is 0 Å². The molecule has 0 spiro atoms. The van der Waals surface area contributed by atoms with E-state index in [1.807, 2.05) is 12.1 Å². The van der Waals surface area contributed by atoms with Crippen LogP contribution in [0.15, 0.2) is 72.3 Å². The van der Waals surface area contributed by atoms with E-state index in [0.29, 0.717) is 17.2 Å². The fourth-order valence-corrected chi connectivity index (χ4v) is 7.76. The van der Waals surface area contributed by atoms with Gasteiger partial charge in [0, 0.05) is 27.4 Å². The highest BCUT2D eigenvalue weighted by Crippen LogP contribution is 2.43. The van der Waals surface area contributed by atoms with Crippen molar-refractivity contribution in [2.24, 2.45) is 5.41 Å². The van der Waals surface area contributed by atoms with Crippen molar-refractivity contribution < 1.29 is 9.53 Å². The highest BCUT2D eigenvalue weighted by atomic mass is 16.5. The number of benzene rings is 3. The number of carbonyl (C=O) groups excluding carboxylic acids is 1. The third-order valence-electron chi connectivity index (χ3n) is 11.1. The van der Waals surface area contributed by atoms with Crippen LogP contribution in [0.4, 0.5) is 0 Å². The third-order valence-corrected chi connectivity index (χ3v) is 11.1. The van der Waals surface area contributed by atoms with Gasteiger partial charge in [-0.1, -0.05) is 113 Å². The van der Waals surface area contributed by atoms with Crippen LogP contribution in [0.1, 0.15) is 128 Å². The standard InChI is InChI=1S/C47H55N3O2/c1-44(2,3)29-14-18-37-33(24-29)34-25-30(45(4,5)6)15-19-38(34)49(37)41-22-28(43(51)52-13)23-42(48-41)50-39-20-16-31(46(7,8)9)26-35(39)36-27-32(47(10,11)12)17-21-40(36)50/h14-16,18-20,22-27H,17,21H2,1-13H3. The van der Waals surface area contributed by atoms with Crippen LogP contribution in [0.25, 0.3) is 50.4 Å². The molecule has 0 bridgehead atoms. The van der Waals surface area contributed by atoms with Crippen molar-refractivity contribution in [1.82, 2.24) is 14.1 Å². The number of rotatable bonds is 3. The zero-order valence-electron chi connectivity index (χ0n) is 33.5. The van der Waals surface area contributed by atoms with E-state index in [1.54, 1.807) is 0 Å². The summed E-state index contributed by atoms with van der Waals surface area (Å²) >= 11 is 0. The second-order valence-electron chi connectivity index (χ2n) is 19.0. The number of hydrogen-bond acceptors (Lipinski definition) is 3. The van der Waals surface area contributed by atoms with Gasteiger partial charge in [0.1, 0.15) is 11.6 Å². The van der Waals surface area contributed by atoms with E-state index in [4.69, 9.17) is 9.72 Å². The van der Waals surface area contributed by atoms with Crippen molar-refractivity contribution in [3.05, 3.63) is 106 Å². The average Bonchev–Trinajstić information content (AvgIpc) is 3.57. The van der Waals surface area contributed by atoms with E-state index in [2.05, 4.69) is 153 Å². The Morgan fingerprint density at radius 3 is 1.46 bits per heavy atom. The monoisotopic (exact) mass is 693 g/mol. The summed E-state index contributed by atoms with van der Waals surface area (Å²) in [5, 5.41) is 3.58. The van der Waals surface area contributed by atoms with Crippen LogP contribution in [0.2, 0.25) is 0 Å². The van der Waals surface area contributed by atoms with Crippen LogP contribution < -0.4 is 0 Å². The molecule has 0 fully saturated rings. The van der Waals surface area contributed by atoms with Crippen LogP contribution in [0.5, 0.6) is 0 Å². The molecule has 3 heterocycles. The topological polar surface area (TPSA) is 49.1 Å². The predicted molar refractivity (Wildman–Crippen MR) is 219 cm³/mol. The first-order chi connectivity index (χ1) is 24.2. The van der Waals surface area contributed by atoms with E-state index in [9.17, 15) is 4.79 Å². The molecule has 5 nitrogen and oxygen atoms in total. The number of nitrogens with zero attached hydrogens (tertiary/aromatic N) is 3. The summed E-state index contributed by atoms with van der Waals surface area (Å²) in [4.78, 5) is 18.9. The number of methoxy groups -OCH3 is 1. The highest BCUT2D eigenvalue weighted by Gasteiger charge is 2.29. The maximum absolute atomic E-state index is 13.5. The van der Waals surface area contributed by atoms with E-state index < -0.39 is 0 Å². The normalized spacial score (nSPS) is 14.3. The zero-order valence-corrected chi connectivity index (χ0v) is 33.5. The maximum atomic E-state index is 13.5. The van der Waals surface area contributed by atoms with Gasteiger partial charge in [-0.2, -0.15) is 0 Å². The molecule has 270 valence electrons. The molecular weight excluding hydrogens is 639 g/mol. The molecule has 52 heavy (non-hydrogen) atoms. The molecule has 5 heteroatoms. The van der Waals surface area contributed by atoms with Crippen LogP contribution in [0.3, 0.4) is 0 Å². The van der Waals surface area contributed by atoms with Gasteiger partial charge in [0.05, 0.1) is 29.2 Å². The Balaban J connectivity index is 1.56. The van der Waals surface area contributed by atoms with Gasteiger partial charge >= 0.3 is 5.97 Å². The molecule has 0 saturated carbocycles. The van der Waals surface area contributed by atoms with Gasteiger partial charge in [-0.3, -0.25) is 9.13 Å². The van der Waals surface area contributed by atoms with Gasteiger partial charge in [-0.25, -0.2) is 9.78 Å². The van der Waals surface area contributed by atoms with E-state index in [0.717, 1.165) is 29.4 Å². The smallest absolute Gasteiger partial charge is 0.338 e. The quantitative estimate of drug-likeness (QED) is 0.173. The fourth-order valence-electron chi connectivity index (χ4n) is 7.76. The largest absolute Gasteiger partial charge is 0.465 e. The summed E-state index contributed by atoms with van der Waals surface area (Å²) in [6, 6.07) is 24.2. The summed E-state index contributed by atoms with van der Waals surface area (Å²) in [6.07, 6.45) is 4.28. The van der Waals surface area contributed by atoms with Crippen molar-refractivity contribution in [2.75, 3.05) is 7.11 Å². The minimum atomic E-state index is -0.383. The van der Waals surface area contributed by atoms with Gasteiger partial charge < -0.3 is 4.74 Å². The number of ether oxygens (including phenoxy) is 1. The first-order valence-corrected chi connectivity index (χ1v) is 18.8. The first-order valence-electron chi connectivity index (χ1n) is 18.8. The molecule has 0 saturated heterocycles. The van der Waals surface area contributed by atoms with Crippen LogP contribution in [-0.4, -0.2) is 27.2 Å². The molecule has 1 aliphatic carbocycles. The lowest BCUT2D eigenvalue weighted by Gasteiger charge is -2.27. The minimum absolute atomic E-state index is 0.000870. The van der Waals surface area contributed by atoms with Crippen molar-refractivity contribution in [3.8, 4) is 11.6 Å². The van der Waals surface area contributed by atoms with Gasteiger partial charge in [0.15, 0.2) is 0 Å². The van der Waals surface area contributed by atoms with E-state index in [1.165, 1.54) is 56.8 Å². The number of allylic oxidation sites excluding steroid dienone is 1. The first kappa shape index (κ1) is 35.7. The molecule has 1 aliphatic rings. The molecule has 0 unspecified atom stereocenters. The SMILES string of the molecule is COC(=O)c1cc(-n2c3c(c4cc(C(C)(C)C)ccc42)C=C(C(C)(C)C)CC3)nc(-n2c3ccc(C(C)(C)C)cc3c3cc(C(C)(C)C)ccc32)c1. The van der Waals surface area contributed by atoms with Crippen molar-refractivity contribution in [3.63, 3.8) is 0 Å². The molecule has 0 aliphatic heterocycles. The second-order valence-corrected chi connectivity index (χ2v) is 19.0. The molecule has 0 atom stereocenters. The Morgan fingerprint density at radius 2 is 1.02 bits per heavy atom. The lowest BCUT2D eigenvalue weighted by Crippen LogP contribution is -2.15. The Hall–Kier alpha value is -4.64. The summed E-state index contributed by atoms with van der Waals surface area (Å²) in [5.74, 6) is 1.02. The number of aromatic nitrogens is 3. The van der Waals surface area contributed by atoms with Crippen LogP contribution in [0, 0.1) is 5.41 Å². The van der Waals surface area contributed by atoms with E-state index >= 15 is 0 Å². The summed E-state index contributed by atoms with van der Waals surface area (Å²) in [5.41, 5.74) is 11.5. The van der Waals surface area contributed by atoms with E-state index in [-0.39, 0.29) is 27.6 Å². The Morgan fingerprint density at radius 1 is 0.577 bits per heavy atom. The number of carbonyl (C=O) groups is 1. The molecule has 0 radical (unpaired) electrons. The number of hydrogen-bond donors (Lipinski definition) is 0. The molecule has 7 rings (SSSR count). The molecule has 3 aromatic carbocycles. The minimum Gasteiger partial charge on any atom is -0.465 e. The third kappa shape index (κ3) is 6.06. The highest BCUT2D eigenvalue weighted by molar-refractivity contribution is 6.10. The van der Waals surface area contributed by atoms with Crippen molar-refractivity contribution in [2.45, 2.75) is 112 Å². The lowest BCUT2D eigenvalue weighted by atomic mass is 9.79. The summed E-state index contributed by atoms with van der Waals surface area (Å²) < 4.78 is 9.90. The Labute approximate surface area is 309 Å². The molecule has 0 amide bonds. The lowest BCUT2D eigenvalue weighted by molar-refractivity contribution is 0.0600. The van der Waals surface area contributed by atoms with Crippen molar-refractivity contribution in [1.29, 1.82) is 0 Å². The summed E-state index contributed by atoms with van der Waals surface area (Å²) in [6.45, 7) is 27.3. The average molecular weight is 694 g/mol. The predicted octanol–water partition coefficient (Wildman–Crippen LogP) is 12.2. The molecule has 6 aromatic rings.